The van der Waals surface area contributed by atoms with Crippen LogP contribution in [0.4, 0.5) is 0 Å². The molecule has 3 rings (SSSR count). The molecule has 4 nitrogen and oxygen atoms in total. The first-order valence-electron chi connectivity index (χ1n) is 5.74. The van der Waals surface area contributed by atoms with Crippen molar-refractivity contribution < 1.29 is 4.74 Å². The Hall–Kier alpha value is -1.03. The topological polar surface area (TPSA) is 47.0 Å². The molecule has 4 heteroatoms. The summed E-state index contributed by atoms with van der Waals surface area (Å²) >= 11 is 0. The van der Waals surface area contributed by atoms with E-state index in [0.29, 0.717) is 12.5 Å². The predicted molar refractivity (Wildman–Crippen MR) is 56.0 cm³/mol. The van der Waals surface area contributed by atoms with Gasteiger partial charge in [0.05, 0.1) is 12.6 Å². The number of H-pyrrole nitrogens is 1. The molecular formula is C11H16N2O2. The van der Waals surface area contributed by atoms with Crippen LogP contribution in [0, 0.1) is 0 Å². The summed E-state index contributed by atoms with van der Waals surface area (Å²) in [5.74, 6) is 0.614. The third-order valence-electron chi connectivity index (χ3n) is 3.24. The average molecular weight is 208 g/mol. The van der Waals surface area contributed by atoms with Crippen molar-refractivity contribution in [3.63, 3.8) is 0 Å². The van der Waals surface area contributed by atoms with E-state index in [1.807, 2.05) is 0 Å². The molecule has 82 valence electrons. The number of hydrogen-bond acceptors (Lipinski definition) is 2. The van der Waals surface area contributed by atoms with Gasteiger partial charge >= 0.3 is 0 Å². The van der Waals surface area contributed by atoms with Gasteiger partial charge in [0.25, 0.3) is 5.56 Å². The molecule has 1 N–H and O–H groups in total. The fraction of sp³-hybridized carbons (Fsp3) is 0.727. The molecule has 15 heavy (non-hydrogen) atoms. The quantitative estimate of drug-likeness (QED) is 0.812. The van der Waals surface area contributed by atoms with E-state index < -0.39 is 0 Å². The molecule has 1 saturated carbocycles. The van der Waals surface area contributed by atoms with Crippen molar-refractivity contribution in [3.8, 4) is 0 Å². The molecule has 1 aliphatic carbocycles. The maximum Gasteiger partial charge on any atom is 0.266 e. The minimum atomic E-state index is 0.0902. The van der Waals surface area contributed by atoms with Crippen molar-refractivity contribution in [1.29, 1.82) is 0 Å². The van der Waals surface area contributed by atoms with Gasteiger partial charge in [-0.2, -0.15) is 0 Å². The molecule has 2 aliphatic rings. The Balaban J connectivity index is 1.75. The van der Waals surface area contributed by atoms with Gasteiger partial charge in [0, 0.05) is 24.3 Å². The molecular weight excluding hydrogens is 192 g/mol. The van der Waals surface area contributed by atoms with Gasteiger partial charge in [0.1, 0.15) is 0 Å². The summed E-state index contributed by atoms with van der Waals surface area (Å²) in [6.45, 7) is 1.53. The molecule has 0 radical (unpaired) electrons. The fourth-order valence-corrected chi connectivity index (χ4v) is 2.19. The SMILES string of the molecule is O=c1cc(C2CC2)[nH]n1C[C@@H]1CCCO1. The molecule has 0 spiro atoms. The second-order valence-electron chi connectivity index (χ2n) is 4.57. The molecule has 0 amide bonds. The third-order valence-corrected chi connectivity index (χ3v) is 3.24. The maximum absolute atomic E-state index is 11.6. The fourth-order valence-electron chi connectivity index (χ4n) is 2.19. The summed E-state index contributed by atoms with van der Waals surface area (Å²) < 4.78 is 7.22. The van der Waals surface area contributed by atoms with Gasteiger partial charge in [0.15, 0.2) is 0 Å². The average Bonchev–Trinajstić information content (AvgIpc) is 2.84. The third kappa shape index (κ3) is 1.86. The summed E-state index contributed by atoms with van der Waals surface area (Å²) in [6.07, 6.45) is 4.87. The van der Waals surface area contributed by atoms with E-state index in [-0.39, 0.29) is 11.7 Å². The molecule has 1 saturated heterocycles. The zero-order valence-corrected chi connectivity index (χ0v) is 8.74. The number of aromatic nitrogens is 2. The molecule has 1 aromatic rings. The predicted octanol–water partition coefficient (Wildman–Crippen LogP) is 1.23. The molecule has 0 unspecified atom stereocenters. The number of nitrogens with zero attached hydrogens (tertiary/aromatic N) is 1. The highest BCUT2D eigenvalue weighted by atomic mass is 16.5. The summed E-state index contributed by atoms with van der Waals surface area (Å²) in [4.78, 5) is 11.6. The van der Waals surface area contributed by atoms with Crippen molar-refractivity contribution >= 4 is 0 Å². The zero-order chi connectivity index (χ0) is 10.3. The lowest BCUT2D eigenvalue weighted by Gasteiger charge is -2.08. The monoisotopic (exact) mass is 208 g/mol. The Morgan fingerprint density at radius 3 is 3.00 bits per heavy atom. The second kappa shape index (κ2) is 3.52. The Morgan fingerprint density at radius 1 is 1.47 bits per heavy atom. The van der Waals surface area contributed by atoms with Crippen LogP contribution in [0.15, 0.2) is 10.9 Å². The number of rotatable bonds is 3. The van der Waals surface area contributed by atoms with E-state index in [4.69, 9.17) is 4.74 Å². The van der Waals surface area contributed by atoms with Crippen molar-refractivity contribution in [3.05, 3.63) is 22.1 Å². The number of nitrogens with one attached hydrogen (secondary N) is 1. The van der Waals surface area contributed by atoms with Gasteiger partial charge < -0.3 is 4.74 Å². The smallest absolute Gasteiger partial charge is 0.266 e. The summed E-state index contributed by atoms with van der Waals surface area (Å²) in [7, 11) is 0. The Labute approximate surface area is 88.2 Å². The van der Waals surface area contributed by atoms with Crippen molar-refractivity contribution in [2.45, 2.75) is 44.2 Å². The molecule has 2 heterocycles. The molecule has 2 fully saturated rings. The van der Waals surface area contributed by atoms with Crippen LogP contribution in [0.1, 0.15) is 37.3 Å². The summed E-state index contributed by atoms with van der Waals surface area (Å²) in [6, 6.07) is 1.74. The van der Waals surface area contributed by atoms with E-state index in [1.54, 1.807) is 10.7 Å². The van der Waals surface area contributed by atoms with E-state index >= 15 is 0 Å². The molecule has 1 aliphatic heterocycles. The minimum absolute atomic E-state index is 0.0902. The first-order valence-corrected chi connectivity index (χ1v) is 5.74. The molecule has 1 aromatic heterocycles. The van der Waals surface area contributed by atoms with Crippen LogP contribution in [0.3, 0.4) is 0 Å². The summed E-state index contributed by atoms with van der Waals surface area (Å²) in [5, 5.41) is 3.19. The Kier molecular flexibility index (Phi) is 2.16. The van der Waals surface area contributed by atoms with Gasteiger partial charge in [-0.15, -0.1) is 0 Å². The number of ether oxygens (including phenoxy) is 1. The second-order valence-corrected chi connectivity index (χ2v) is 4.57. The lowest BCUT2D eigenvalue weighted by Crippen LogP contribution is -2.24. The van der Waals surface area contributed by atoms with E-state index in [1.165, 1.54) is 12.8 Å². The van der Waals surface area contributed by atoms with Crippen LogP contribution in [-0.2, 0) is 11.3 Å². The van der Waals surface area contributed by atoms with Crippen molar-refractivity contribution in [1.82, 2.24) is 9.78 Å². The van der Waals surface area contributed by atoms with Gasteiger partial charge in [-0.3, -0.25) is 14.6 Å². The number of hydrogen-bond donors (Lipinski definition) is 1. The zero-order valence-electron chi connectivity index (χ0n) is 8.74. The first kappa shape index (κ1) is 9.21. The highest BCUT2D eigenvalue weighted by Gasteiger charge is 2.26. The van der Waals surface area contributed by atoms with E-state index in [0.717, 1.165) is 25.1 Å². The standard InChI is InChI=1S/C11H16N2O2/c14-11-6-10(8-3-4-8)12-13(11)7-9-2-1-5-15-9/h6,8-9,12H,1-5,7H2/t9-/m0/s1. The van der Waals surface area contributed by atoms with Gasteiger partial charge in [-0.05, 0) is 25.7 Å². The molecule has 0 bridgehead atoms. The van der Waals surface area contributed by atoms with Gasteiger partial charge in [-0.1, -0.05) is 0 Å². The molecule has 1 atom stereocenters. The van der Waals surface area contributed by atoms with E-state index in [2.05, 4.69) is 5.10 Å². The van der Waals surface area contributed by atoms with Crippen LogP contribution >= 0.6 is 0 Å². The maximum atomic E-state index is 11.6. The Bertz CT molecular complexity index is 397. The van der Waals surface area contributed by atoms with Crippen LogP contribution in [0.5, 0.6) is 0 Å². The largest absolute Gasteiger partial charge is 0.376 e. The molecule has 0 aromatic carbocycles. The highest BCUT2D eigenvalue weighted by Crippen LogP contribution is 2.38. The van der Waals surface area contributed by atoms with Crippen LogP contribution < -0.4 is 5.56 Å². The number of aromatic amines is 1. The van der Waals surface area contributed by atoms with Gasteiger partial charge in [-0.25, -0.2) is 0 Å². The van der Waals surface area contributed by atoms with Crippen LogP contribution in [-0.4, -0.2) is 22.5 Å². The van der Waals surface area contributed by atoms with Gasteiger partial charge in [0.2, 0.25) is 0 Å². The normalized spacial score (nSPS) is 26.0. The van der Waals surface area contributed by atoms with Crippen molar-refractivity contribution in [2.75, 3.05) is 6.61 Å². The summed E-state index contributed by atoms with van der Waals surface area (Å²) in [5.41, 5.74) is 1.20. The van der Waals surface area contributed by atoms with E-state index in [9.17, 15) is 4.79 Å². The first-order chi connectivity index (χ1) is 7.33. The lowest BCUT2D eigenvalue weighted by atomic mass is 10.2. The van der Waals surface area contributed by atoms with Crippen molar-refractivity contribution in [2.24, 2.45) is 0 Å². The Morgan fingerprint density at radius 2 is 2.33 bits per heavy atom. The minimum Gasteiger partial charge on any atom is -0.376 e. The highest BCUT2D eigenvalue weighted by molar-refractivity contribution is 5.12. The lowest BCUT2D eigenvalue weighted by molar-refractivity contribution is 0.0931. The van der Waals surface area contributed by atoms with Crippen LogP contribution in [0.2, 0.25) is 0 Å². The van der Waals surface area contributed by atoms with Crippen LogP contribution in [0.25, 0.3) is 0 Å².